The Hall–Kier alpha value is -4.04. The number of fused-ring (bicyclic) bond motifs is 1. The number of anilines is 1. The Bertz CT molecular complexity index is 1440. The minimum atomic E-state index is -0.0449. The first kappa shape index (κ1) is 24.3. The van der Waals surface area contributed by atoms with E-state index in [0.717, 1.165) is 58.9 Å². The maximum absolute atomic E-state index is 5.90. The Kier molecular flexibility index (Phi) is 6.64. The largest absolute Gasteiger partial charge is 0.454 e. The Balaban J connectivity index is 1.31. The number of ether oxygens (including phenoxy) is 2. The summed E-state index contributed by atoms with van der Waals surface area (Å²) >= 11 is 5.90. The Morgan fingerprint density at radius 3 is 2.63 bits per heavy atom. The molecule has 1 fully saturated rings. The fourth-order valence-corrected chi connectivity index (χ4v) is 5.86. The molecule has 0 radical (unpaired) electrons. The van der Waals surface area contributed by atoms with E-state index in [2.05, 4.69) is 64.3 Å². The highest BCUT2D eigenvalue weighted by Crippen LogP contribution is 2.42. The first-order chi connectivity index (χ1) is 18.6. The number of benzene rings is 2. The van der Waals surface area contributed by atoms with Gasteiger partial charge in [-0.15, -0.1) is 0 Å². The number of hydrogen-bond acceptors (Lipinski definition) is 5. The Labute approximate surface area is 228 Å². The van der Waals surface area contributed by atoms with Gasteiger partial charge in [0, 0.05) is 48.1 Å². The van der Waals surface area contributed by atoms with Crippen molar-refractivity contribution in [3.05, 3.63) is 102 Å². The average Bonchev–Trinajstić information content (AvgIpc) is 3.62. The van der Waals surface area contributed by atoms with Crippen molar-refractivity contribution in [2.75, 3.05) is 25.2 Å². The third kappa shape index (κ3) is 4.56. The molecule has 0 aliphatic carbocycles. The highest BCUT2D eigenvalue weighted by molar-refractivity contribution is 7.80. The smallest absolute Gasteiger partial charge is 0.231 e. The number of thiocarbonyl (C=S) groups is 1. The molecule has 4 heterocycles. The zero-order valence-corrected chi connectivity index (χ0v) is 22.4. The maximum Gasteiger partial charge on any atom is 0.231 e. The number of nitrogens with one attached hydrogen (secondary N) is 2. The summed E-state index contributed by atoms with van der Waals surface area (Å²) < 4.78 is 13.5. The fraction of sp³-hybridized carbons (Fsp3) is 0.267. The zero-order chi connectivity index (χ0) is 26.1. The second-order valence-electron chi connectivity index (χ2n) is 9.67. The van der Waals surface area contributed by atoms with Crippen LogP contribution in [0.15, 0.2) is 79.0 Å². The summed E-state index contributed by atoms with van der Waals surface area (Å²) in [6.07, 6.45) is 2.79. The molecule has 0 bridgehead atoms. The first-order valence-corrected chi connectivity index (χ1v) is 13.4. The van der Waals surface area contributed by atoms with Gasteiger partial charge in [-0.2, -0.15) is 0 Å². The summed E-state index contributed by atoms with van der Waals surface area (Å²) in [6, 6.07) is 24.7. The molecule has 194 valence electrons. The molecular formula is C30H31N5O2S. The molecule has 2 aliphatic heterocycles. The van der Waals surface area contributed by atoms with Crippen molar-refractivity contribution in [3.8, 4) is 17.2 Å². The molecule has 0 saturated carbocycles. The lowest BCUT2D eigenvalue weighted by molar-refractivity contribution is 0.174. The summed E-state index contributed by atoms with van der Waals surface area (Å²) in [7, 11) is 0. The molecule has 2 aromatic heterocycles. The van der Waals surface area contributed by atoms with E-state index in [1.54, 1.807) is 0 Å². The topological polar surface area (TPSA) is 63.6 Å². The standard InChI is InChI=1S/C30H31N5O2S/c1-20-17-24(21(2)35(20)23-12-13-26-27(18-23)37-19-36-26)29-28(25-11-6-7-14-32-25)33-30(38)34(29)16-8-15-31-22-9-4-3-5-10-22/h3-7,9-14,17-18,28-29,31H,8,15-16,19H2,1-2H3,(H,33,38)/t28-,29+/m0/s1. The van der Waals surface area contributed by atoms with Crippen LogP contribution in [0.3, 0.4) is 0 Å². The van der Waals surface area contributed by atoms with Gasteiger partial charge in [0.2, 0.25) is 6.79 Å². The number of rotatable bonds is 8. The van der Waals surface area contributed by atoms with Gasteiger partial charge in [0.15, 0.2) is 16.6 Å². The molecule has 0 amide bonds. The van der Waals surface area contributed by atoms with Gasteiger partial charge in [0.25, 0.3) is 0 Å². The molecule has 0 spiro atoms. The van der Waals surface area contributed by atoms with Gasteiger partial charge in [0.05, 0.1) is 17.8 Å². The van der Waals surface area contributed by atoms with Crippen LogP contribution in [-0.2, 0) is 0 Å². The van der Waals surface area contributed by atoms with Crippen LogP contribution < -0.4 is 20.1 Å². The van der Waals surface area contributed by atoms with Crippen LogP contribution in [0.25, 0.3) is 5.69 Å². The summed E-state index contributed by atoms with van der Waals surface area (Å²) in [5.74, 6) is 1.56. The van der Waals surface area contributed by atoms with Crippen LogP contribution in [0.2, 0.25) is 0 Å². The van der Waals surface area contributed by atoms with E-state index >= 15 is 0 Å². The second kappa shape index (κ2) is 10.4. The second-order valence-corrected chi connectivity index (χ2v) is 10.1. The van der Waals surface area contributed by atoms with Crippen LogP contribution in [0.5, 0.6) is 11.5 Å². The van der Waals surface area contributed by atoms with Crippen LogP contribution in [0.1, 0.15) is 41.1 Å². The van der Waals surface area contributed by atoms with Crippen LogP contribution >= 0.6 is 12.2 Å². The lowest BCUT2D eigenvalue weighted by Crippen LogP contribution is -2.31. The molecule has 4 aromatic rings. The third-order valence-corrected chi connectivity index (χ3v) is 7.63. The summed E-state index contributed by atoms with van der Waals surface area (Å²) in [5, 5.41) is 7.87. The minimum Gasteiger partial charge on any atom is -0.454 e. The van der Waals surface area contributed by atoms with Gasteiger partial charge >= 0.3 is 0 Å². The van der Waals surface area contributed by atoms with E-state index < -0.39 is 0 Å². The number of pyridine rings is 1. The summed E-state index contributed by atoms with van der Waals surface area (Å²) in [6.45, 7) is 6.27. The van der Waals surface area contributed by atoms with Gasteiger partial charge in [0.1, 0.15) is 0 Å². The SMILES string of the molecule is Cc1cc([C@@H]2[C@H](c3ccccn3)NC(=S)N2CCCNc2ccccc2)c(C)n1-c1ccc2c(c1)OCO2. The quantitative estimate of drug-likeness (QED) is 0.226. The number of para-hydroxylation sites is 1. The molecular weight excluding hydrogens is 494 g/mol. The molecule has 2 atom stereocenters. The molecule has 7 nitrogen and oxygen atoms in total. The first-order valence-electron chi connectivity index (χ1n) is 13.0. The normalized spacial score (nSPS) is 18.1. The van der Waals surface area contributed by atoms with Crippen LogP contribution in [0, 0.1) is 13.8 Å². The van der Waals surface area contributed by atoms with E-state index in [1.807, 2.05) is 48.7 Å². The Morgan fingerprint density at radius 2 is 1.82 bits per heavy atom. The average molecular weight is 526 g/mol. The van der Waals surface area contributed by atoms with Gasteiger partial charge in [-0.1, -0.05) is 24.3 Å². The summed E-state index contributed by atoms with van der Waals surface area (Å²) in [4.78, 5) is 7.03. The van der Waals surface area contributed by atoms with E-state index in [0.29, 0.717) is 0 Å². The maximum atomic E-state index is 5.90. The van der Waals surface area contributed by atoms with E-state index in [4.69, 9.17) is 26.7 Å². The number of hydrogen-bond donors (Lipinski definition) is 2. The number of aromatic nitrogens is 2. The summed E-state index contributed by atoms with van der Waals surface area (Å²) in [5.41, 5.74) is 6.73. The number of aryl methyl sites for hydroxylation is 1. The van der Waals surface area contributed by atoms with Crippen LogP contribution in [0.4, 0.5) is 5.69 Å². The van der Waals surface area contributed by atoms with E-state index in [9.17, 15) is 0 Å². The highest BCUT2D eigenvalue weighted by Gasteiger charge is 2.41. The van der Waals surface area contributed by atoms with E-state index in [1.165, 1.54) is 11.3 Å². The molecule has 2 aliphatic rings. The molecule has 38 heavy (non-hydrogen) atoms. The lowest BCUT2D eigenvalue weighted by atomic mass is 9.96. The third-order valence-electron chi connectivity index (χ3n) is 7.28. The monoisotopic (exact) mass is 525 g/mol. The predicted molar refractivity (Wildman–Crippen MR) is 153 cm³/mol. The van der Waals surface area contributed by atoms with Crippen molar-refractivity contribution >= 4 is 23.0 Å². The fourth-order valence-electron chi connectivity index (χ4n) is 5.53. The molecule has 1 saturated heterocycles. The van der Waals surface area contributed by atoms with Crippen LogP contribution in [-0.4, -0.2) is 39.4 Å². The van der Waals surface area contributed by atoms with Crippen molar-refractivity contribution in [3.63, 3.8) is 0 Å². The van der Waals surface area contributed by atoms with Gasteiger partial charge in [-0.3, -0.25) is 4.98 Å². The van der Waals surface area contributed by atoms with Crippen molar-refractivity contribution in [2.45, 2.75) is 32.4 Å². The molecule has 2 N–H and O–H groups in total. The van der Waals surface area contributed by atoms with Crippen molar-refractivity contribution in [1.82, 2.24) is 19.8 Å². The molecule has 8 heteroatoms. The van der Waals surface area contributed by atoms with Crippen molar-refractivity contribution in [1.29, 1.82) is 0 Å². The van der Waals surface area contributed by atoms with Gasteiger partial charge < -0.3 is 29.6 Å². The molecule has 6 rings (SSSR count). The minimum absolute atomic E-state index is 0.0167. The predicted octanol–water partition coefficient (Wildman–Crippen LogP) is 5.69. The van der Waals surface area contributed by atoms with Crippen molar-refractivity contribution in [2.24, 2.45) is 0 Å². The molecule has 2 aromatic carbocycles. The molecule has 0 unspecified atom stereocenters. The van der Waals surface area contributed by atoms with Crippen molar-refractivity contribution < 1.29 is 9.47 Å². The van der Waals surface area contributed by atoms with E-state index in [-0.39, 0.29) is 18.9 Å². The van der Waals surface area contributed by atoms with Gasteiger partial charge in [-0.05, 0) is 80.5 Å². The lowest BCUT2D eigenvalue weighted by Gasteiger charge is -2.28. The number of nitrogens with zero attached hydrogens (tertiary/aromatic N) is 3. The van der Waals surface area contributed by atoms with Gasteiger partial charge in [-0.25, -0.2) is 0 Å². The highest BCUT2D eigenvalue weighted by atomic mass is 32.1. The zero-order valence-electron chi connectivity index (χ0n) is 21.6. The Morgan fingerprint density at radius 1 is 1.00 bits per heavy atom.